The summed E-state index contributed by atoms with van der Waals surface area (Å²) in [7, 11) is 2.13. The van der Waals surface area contributed by atoms with Crippen molar-refractivity contribution >= 4 is 10.8 Å². The first-order chi connectivity index (χ1) is 12.5. The summed E-state index contributed by atoms with van der Waals surface area (Å²) < 4.78 is 2.23. The third-order valence-corrected chi connectivity index (χ3v) is 5.22. The number of rotatable bonds is 2. The summed E-state index contributed by atoms with van der Waals surface area (Å²) in [4.78, 5) is 4.12. The van der Waals surface area contributed by atoms with Crippen molar-refractivity contribution in [3.05, 3.63) is 83.8 Å². The first kappa shape index (κ1) is 16.5. The van der Waals surface area contributed by atoms with E-state index in [0.29, 0.717) is 0 Å². The Morgan fingerprint density at radius 1 is 0.808 bits per heavy atom. The summed E-state index contributed by atoms with van der Waals surface area (Å²) in [5.41, 5.74) is 8.98. The van der Waals surface area contributed by atoms with E-state index >= 15 is 0 Å². The number of benzene rings is 2. The Bertz CT molecular complexity index is 1110. The van der Waals surface area contributed by atoms with Crippen LogP contribution in [-0.4, -0.2) is 4.98 Å². The number of pyridine rings is 2. The van der Waals surface area contributed by atoms with E-state index in [0.717, 1.165) is 0 Å². The molecule has 0 N–H and O–H groups in total. The van der Waals surface area contributed by atoms with Gasteiger partial charge in [0.05, 0.1) is 10.9 Å². The fourth-order valence-electron chi connectivity index (χ4n) is 3.72. The zero-order valence-corrected chi connectivity index (χ0v) is 15.7. The topological polar surface area (TPSA) is 16.8 Å². The van der Waals surface area contributed by atoms with E-state index in [-0.39, 0.29) is 0 Å². The zero-order valence-electron chi connectivity index (χ0n) is 15.7. The van der Waals surface area contributed by atoms with Crippen LogP contribution in [0.1, 0.15) is 16.7 Å². The Morgan fingerprint density at radius 3 is 2.35 bits per heavy atom. The maximum atomic E-state index is 4.12. The molecule has 2 aromatic heterocycles. The number of hydrogen-bond acceptors (Lipinski definition) is 1. The van der Waals surface area contributed by atoms with Crippen molar-refractivity contribution in [2.75, 3.05) is 0 Å². The van der Waals surface area contributed by atoms with Crippen LogP contribution in [0.3, 0.4) is 0 Å². The summed E-state index contributed by atoms with van der Waals surface area (Å²) in [5, 5.41) is 2.53. The Balaban J connectivity index is 1.98. The van der Waals surface area contributed by atoms with Gasteiger partial charge in [0.25, 0.3) is 0 Å². The molecule has 0 saturated carbocycles. The molecule has 0 radical (unpaired) electrons. The first-order valence-corrected chi connectivity index (χ1v) is 8.95. The molecule has 2 heteroatoms. The van der Waals surface area contributed by atoms with Gasteiger partial charge >= 0.3 is 0 Å². The highest BCUT2D eigenvalue weighted by Gasteiger charge is 2.18. The van der Waals surface area contributed by atoms with Crippen molar-refractivity contribution in [2.45, 2.75) is 20.8 Å². The molecule has 0 fully saturated rings. The number of nitrogens with zero attached hydrogens (tertiary/aromatic N) is 2. The van der Waals surface area contributed by atoms with Gasteiger partial charge in [0.15, 0.2) is 6.20 Å². The van der Waals surface area contributed by atoms with E-state index in [1.165, 1.54) is 49.8 Å². The van der Waals surface area contributed by atoms with Crippen LogP contribution in [0, 0.1) is 20.8 Å². The molecule has 2 aromatic carbocycles. The lowest BCUT2D eigenvalue weighted by Gasteiger charge is -2.12. The molecule has 2 heterocycles. The summed E-state index contributed by atoms with van der Waals surface area (Å²) in [5.74, 6) is 0. The summed E-state index contributed by atoms with van der Waals surface area (Å²) in [6.07, 6.45) is 5.84. The Kier molecular flexibility index (Phi) is 4.04. The molecule has 0 spiro atoms. The van der Waals surface area contributed by atoms with Crippen molar-refractivity contribution in [3.8, 4) is 22.4 Å². The molecule has 0 saturated heterocycles. The largest absolute Gasteiger partial charge is 0.265 e. The molecular weight excluding hydrogens is 316 g/mol. The van der Waals surface area contributed by atoms with E-state index in [1.807, 2.05) is 12.4 Å². The van der Waals surface area contributed by atoms with Gasteiger partial charge in [-0.25, -0.2) is 4.57 Å². The predicted octanol–water partition coefficient (Wildman–Crippen LogP) is 5.32. The third kappa shape index (κ3) is 2.78. The molecule has 0 aliphatic heterocycles. The van der Waals surface area contributed by atoms with Crippen molar-refractivity contribution < 1.29 is 4.57 Å². The van der Waals surface area contributed by atoms with Crippen LogP contribution in [0.5, 0.6) is 0 Å². The van der Waals surface area contributed by atoms with Crippen molar-refractivity contribution in [2.24, 2.45) is 7.05 Å². The van der Waals surface area contributed by atoms with E-state index in [1.54, 1.807) is 0 Å². The van der Waals surface area contributed by atoms with E-state index < -0.39 is 0 Å². The highest BCUT2D eigenvalue weighted by molar-refractivity contribution is 5.96. The molecule has 4 rings (SSSR count). The van der Waals surface area contributed by atoms with Crippen LogP contribution < -0.4 is 4.57 Å². The highest BCUT2D eigenvalue weighted by Crippen LogP contribution is 2.32. The Morgan fingerprint density at radius 2 is 1.58 bits per heavy atom. The van der Waals surface area contributed by atoms with Crippen LogP contribution in [0.2, 0.25) is 0 Å². The minimum absolute atomic E-state index is 1.19. The second-order valence-corrected chi connectivity index (χ2v) is 7.07. The molecule has 0 aliphatic carbocycles. The fourth-order valence-corrected chi connectivity index (χ4v) is 3.72. The van der Waals surface area contributed by atoms with Gasteiger partial charge in [-0.3, -0.25) is 4.98 Å². The molecule has 0 unspecified atom stereocenters. The van der Waals surface area contributed by atoms with Gasteiger partial charge in [-0.1, -0.05) is 17.7 Å². The highest BCUT2D eigenvalue weighted by atomic mass is 14.9. The molecule has 0 atom stereocenters. The predicted molar refractivity (Wildman–Crippen MR) is 108 cm³/mol. The maximum Gasteiger partial charge on any atom is 0.220 e. The van der Waals surface area contributed by atoms with Crippen LogP contribution in [0.15, 0.2) is 67.1 Å². The molecule has 0 amide bonds. The molecule has 128 valence electrons. The van der Waals surface area contributed by atoms with Crippen molar-refractivity contribution in [1.82, 2.24) is 4.98 Å². The van der Waals surface area contributed by atoms with E-state index in [2.05, 4.69) is 92.1 Å². The number of hydrogen-bond donors (Lipinski definition) is 0. The molecule has 26 heavy (non-hydrogen) atoms. The molecular formula is C24H23N2+. The van der Waals surface area contributed by atoms with Gasteiger partial charge in [-0.2, -0.15) is 0 Å². The molecule has 2 nitrogen and oxygen atoms in total. The van der Waals surface area contributed by atoms with E-state index in [9.17, 15) is 0 Å². The van der Waals surface area contributed by atoms with Gasteiger partial charge in [0, 0.05) is 18.5 Å². The van der Waals surface area contributed by atoms with Crippen molar-refractivity contribution in [1.29, 1.82) is 0 Å². The number of fused-ring (bicyclic) bond motifs is 1. The number of aromatic nitrogens is 2. The second-order valence-electron chi connectivity index (χ2n) is 7.07. The van der Waals surface area contributed by atoms with E-state index in [4.69, 9.17) is 0 Å². The first-order valence-electron chi connectivity index (χ1n) is 8.95. The molecule has 0 bridgehead atoms. The quantitative estimate of drug-likeness (QED) is 0.452. The van der Waals surface area contributed by atoms with Crippen molar-refractivity contribution in [3.63, 3.8) is 0 Å². The standard InChI is InChI=1S/C24H23N2/c1-16-13-17(2)18(3)23(14-16)24-22-6-5-20(19-7-10-25-11-8-19)15-21(22)9-12-26(24)4/h5-15H,1-4H3/q+1. The Labute approximate surface area is 154 Å². The molecule has 0 aliphatic rings. The van der Waals surface area contributed by atoms with Gasteiger partial charge < -0.3 is 0 Å². The zero-order chi connectivity index (χ0) is 18.3. The lowest BCUT2D eigenvalue weighted by atomic mass is 9.93. The molecule has 4 aromatic rings. The van der Waals surface area contributed by atoms with Gasteiger partial charge in [-0.05, 0) is 78.7 Å². The minimum Gasteiger partial charge on any atom is -0.265 e. The van der Waals surface area contributed by atoms with Gasteiger partial charge in [-0.15, -0.1) is 0 Å². The van der Waals surface area contributed by atoms with Crippen LogP contribution in [0.4, 0.5) is 0 Å². The normalized spacial score (nSPS) is 11.1. The van der Waals surface area contributed by atoms with Crippen LogP contribution in [0.25, 0.3) is 33.2 Å². The fraction of sp³-hybridized carbons (Fsp3) is 0.167. The SMILES string of the molecule is Cc1cc(C)c(C)c(-c2c3ccc(-c4ccncc4)cc3cc[n+]2C)c1. The smallest absolute Gasteiger partial charge is 0.220 e. The average molecular weight is 339 g/mol. The van der Waals surface area contributed by atoms with Gasteiger partial charge in [0.1, 0.15) is 7.05 Å². The monoisotopic (exact) mass is 339 g/mol. The summed E-state index contributed by atoms with van der Waals surface area (Å²) in [6, 6.07) is 17.6. The third-order valence-electron chi connectivity index (χ3n) is 5.22. The van der Waals surface area contributed by atoms with Gasteiger partial charge in [0.2, 0.25) is 5.69 Å². The van der Waals surface area contributed by atoms with Crippen LogP contribution >= 0.6 is 0 Å². The maximum absolute atomic E-state index is 4.12. The van der Waals surface area contributed by atoms with Crippen LogP contribution in [-0.2, 0) is 7.05 Å². The summed E-state index contributed by atoms with van der Waals surface area (Å²) >= 11 is 0. The summed E-state index contributed by atoms with van der Waals surface area (Å²) in [6.45, 7) is 6.58. The Hall–Kier alpha value is -3.00. The number of aryl methyl sites for hydroxylation is 3. The lowest BCUT2D eigenvalue weighted by molar-refractivity contribution is -0.659. The minimum atomic E-state index is 1.19. The lowest BCUT2D eigenvalue weighted by Crippen LogP contribution is -2.30. The average Bonchev–Trinajstić information content (AvgIpc) is 2.65. The second kappa shape index (κ2) is 6.38.